The summed E-state index contributed by atoms with van der Waals surface area (Å²) in [6.45, 7) is 5.53. The van der Waals surface area contributed by atoms with Crippen LogP contribution in [-0.4, -0.2) is 39.1 Å². The standard InChI is InChI=1S/C13H18N4O/c1-2-16-6-3-4-10(9-16)13-15-14-12-8-11(18)5-7-17(12)13/h5,7-8,10,14H,2-4,6,9H2,1H3. The highest BCUT2D eigenvalue weighted by molar-refractivity contribution is 5.37. The van der Waals surface area contributed by atoms with Crippen molar-refractivity contribution >= 4 is 5.65 Å². The highest BCUT2D eigenvalue weighted by atomic mass is 16.1. The largest absolute Gasteiger partial charge is 0.303 e. The summed E-state index contributed by atoms with van der Waals surface area (Å²) in [5.41, 5.74) is 0.801. The van der Waals surface area contributed by atoms with Gasteiger partial charge in [-0.15, -0.1) is 0 Å². The molecule has 1 unspecified atom stereocenters. The van der Waals surface area contributed by atoms with Crippen molar-refractivity contribution in [2.75, 3.05) is 19.6 Å². The topological polar surface area (TPSA) is 53.4 Å². The van der Waals surface area contributed by atoms with E-state index in [4.69, 9.17) is 0 Å². The van der Waals surface area contributed by atoms with Crippen LogP contribution >= 0.6 is 0 Å². The molecule has 1 aliphatic heterocycles. The fourth-order valence-corrected chi connectivity index (χ4v) is 2.78. The SMILES string of the molecule is CCN1CCCC(c2n[nH]c3cc(=O)ccn23)C1. The highest BCUT2D eigenvalue weighted by Crippen LogP contribution is 2.25. The van der Waals surface area contributed by atoms with E-state index in [9.17, 15) is 4.79 Å². The van der Waals surface area contributed by atoms with E-state index in [0.29, 0.717) is 5.92 Å². The predicted molar refractivity (Wildman–Crippen MR) is 69.9 cm³/mol. The molecule has 5 heteroatoms. The normalized spacial score (nSPS) is 21.5. The number of piperidine rings is 1. The van der Waals surface area contributed by atoms with Crippen LogP contribution in [0.3, 0.4) is 0 Å². The van der Waals surface area contributed by atoms with Crippen LogP contribution in [0.15, 0.2) is 23.1 Å². The summed E-state index contributed by atoms with van der Waals surface area (Å²) in [6.07, 6.45) is 4.21. The molecule has 1 atom stereocenters. The number of rotatable bonds is 2. The molecular formula is C13H18N4O. The Bertz CT molecular complexity index is 600. The number of likely N-dealkylation sites (tertiary alicyclic amines) is 1. The molecule has 5 nitrogen and oxygen atoms in total. The van der Waals surface area contributed by atoms with Gasteiger partial charge in [-0.05, 0) is 25.9 Å². The summed E-state index contributed by atoms with van der Waals surface area (Å²) in [4.78, 5) is 13.8. The van der Waals surface area contributed by atoms with Gasteiger partial charge in [0.1, 0.15) is 11.5 Å². The average molecular weight is 246 g/mol. The molecule has 0 saturated carbocycles. The maximum atomic E-state index is 11.3. The number of likely N-dealkylation sites (N-methyl/N-ethyl adjacent to an activating group) is 1. The van der Waals surface area contributed by atoms with Gasteiger partial charge < -0.3 is 4.90 Å². The molecular weight excluding hydrogens is 228 g/mol. The van der Waals surface area contributed by atoms with Crippen LogP contribution in [0.1, 0.15) is 31.5 Å². The van der Waals surface area contributed by atoms with E-state index in [0.717, 1.165) is 24.6 Å². The monoisotopic (exact) mass is 246 g/mol. The molecule has 1 aliphatic rings. The van der Waals surface area contributed by atoms with E-state index in [2.05, 4.69) is 22.0 Å². The minimum absolute atomic E-state index is 0.0176. The van der Waals surface area contributed by atoms with Crippen LogP contribution in [0.4, 0.5) is 0 Å². The minimum Gasteiger partial charge on any atom is -0.303 e. The molecule has 96 valence electrons. The summed E-state index contributed by atoms with van der Waals surface area (Å²) < 4.78 is 2.01. The van der Waals surface area contributed by atoms with E-state index in [1.54, 1.807) is 12.1 Å². The first-order valence-corrected chi connectivity index (χ1v) is 6.57. The van der Waals surface area contributed by atoms with Gasteiger partial charge in [-0.3, -0.25) is 14.3 Å². The van der Waals surface area contributed by atoms with Crippen molar-refractivity contribution in [1.29, 1.82) is 0 Å². The van der Waals surface area contributed by atoms with Crippen LogP contribution in [0, 0.1) is 0 Å². The van der Waals surface area contributed by atoms with E-state index in [-0.39, 0.29) is 5.43 Å². The third-order valence-electron chi connectivity index (χ3n) is 3.78. The molecule has 3 rings (SSSR count). The Morgan fingerprint density at radius 3 is 3.28 bits per heavy atom. The van der Waals surface area contributed by atoms with Crippen LogP contribution in [0.5, 0.6) is 0 Å². The zero-order valence-corrected chi connectivity index (χ0v) is 10.6. The smallest absolute Gasteiger partial charge is 0.183 e. The average Bonchev–Trinajstić information content (AvgIpc) is 2.81. The van der Waals surface area contributed by atoms with Gasteiger partial charge in [0, 0.05) is 30.8 Å². The number of nitrogens with zero attached hydrogens (tertiary/aromatic N) is 3. The highest BCUT2D eigenvalue weighted by Gasteiger charge is 2.23. The molecule has 0 aromatic carbocycles. The van der Waals surface area contributed by atoms with E-state index < -0.39 is 0 Å². The number of aromatic amines is 1. The zero-order valence-electron chi connectivity index (χ0n) is 10.6. The zero-order chi connectivity index (χ0) is 12.5. The lowest BCUT2D eigenvalue weighted by Crippen LogP contribution is -2.34. The number of hydrogen-bond donors (Lipinski definition) is 1. The number of fused-ring (bicyclic) bond motifs is 1. The molecule has 3 heterocycles. The fraction of sp³-hybridized carbons (Fsp3) is 0.538. The van der Waals surface area contributed by atoms with Crippen molar-refractivity contribution in [1.82, 2.24) is 19.5 Å². The number of pyridine rings is 1. The molecule has 18 heavy (non-hydrogen) atoms. The molecule has 1 N–H and O–H groups in total. The molecule has 0 bridgehead atoms. The van der Waals surface area contributed by atoms with Crippen LogP contribution in [0.25, 0.3) is 5.65 Å². The van der Waals surface area contributed by atoms with Gasteiger partial charge in [0.05, 0.1) is 0 Å². The lowest BCUT2D eigenvalue weighted by Gasteiger charge is -2.30. The number of hydrogen-bond acceptors (Lipinski definition) is 3. The molecule has 0 aliphatic carbocycles. The second-order valence-electron chi connectivity index (χ2n) is 4.93. The van der Waals surface area contributed by atoms with E-state index >= 15 is 0 Å². The molecule has 1 saturated heterocycles. The van der Waals surface area contributed by atoms with Crippen molar-refractivity contribution in [3.05, 3.63) is 34.4 Å². The molecule has 0 amide bonds. The molecule has 1 fully saturated rings. The Kier molecular flexibility index (Phi) is 2.91. The molecule has 2 aromatic heterocycles. The first-order chi connectivity index (χ1) is 8.78. The van der Waals surface area contributed by atoms with Crippen molar-refractivity contribution < 1.29 is 0 Å². The second-order valence-corrected chi connectivity index (χ2v) is 4.93. The van der Waals surface area contributed by atoms with Gasteiger partial charge in [-0.1, -0.05) is 6.92 Å². The van der Waals surface area contributed by atoms with Gasteiger partial charge in [0.25, 0.3) is 0 Å². The Balaban J connectivity index is 1.96. The van der Waals surface area contributed by atoms with Gasteiger partial charge >= 0.3 is 0 Å². The quantitative estimate of drug-likeness (QED) is 0.867. The Labute approximate surface area is 105 Å². The first kappa shape index (κ1) is 11.5. The van der Waals surface area contributed by atoms with Gasteiger partial charge in [0.15, 0.2) is 5.43 Å². The molecule has 0 spiro atoms. The minimum atomic E-state index is 0.0176. The van der Waals surface area contributed by atoms with Gasteiger partial charge in [0.2, 0.25) is 0 Å². The van der Waals surface area contributed by atoms with Gasteiger partial charge in [-0.2, -0.15) is 5.10 Å². The predicted octanol–water partition coefficient (Wildman–Crippen LogP) is 1.22. The van der Waals surface area contributed by atoms with Crippen molar-refractivity contribution in [2.45, 2.75) is 25.7 Å². The lowest BCUT2D eigenvalue weighted by atomic mass is 9.97. The number of nitrogens with one attached hydrogen (secondary N) is 1. The third-order valence-corrected chi connectivity index (χ3v) is 3.78. The van der Waals surface area contributed by atoms with Crippen molar-refractivity contribution in [3.63, 3.8) is 0 Å². The van der Waals surface area contributed by atoms with Crippen LogP contribution < -0.4 is 5.43 Å². The lowest BCUT2D eigenvalue weighted by molar-refractivity contribution is 0.213. The van der Waals surface area contributed by atoms with E-state index in [1.165, 1.54) is 19.4 Å². The Morgan fingerprint density at radius 1 is 1.56 bits per heavy atom. The third kappa shape index (κ3) is 1.95. The second kappa shape index (κ2) is 4.57. The summed E-state index contributed by atoms with van der Waals surface area (Å²) >= 11 is 0. The Hall–Kier alpha value is -1.62. The van der Waals surface area contributed by atoms with Gasteiger partial charge in [-0.25, -0.2) is 0 Å². The summed E-state index contributed by atoms with van der Waals surface area (Å²) in [5.74, 6) is 1.50. The van der Waals surface area contributed by atoms with E-state index in [1.807, 2.05) is 10.6 Å². The fourth-order valence-electron chi connectivity index (χ4n) is 2.78. The number of aromatic nitrogens is 3. The first-order valence-electron chi connectivity index (χ1n) is 6.57. The molecule has 0 radical (unpaired) electrons. The summed E-state index contributed by atoms with van der Waals surface area (Å²) in [6, 6.07) is 3.18. The van der Waals surface area contributed by atoms with Crippen molar-refractivity contribution in [3.8, 4) is 0 Å². The van der Waals surface area contributed by atoms with Crippen molar-refractivity contribution in [2.24, 2.45) is 0 Å². The summed E-state index contributed by atoms with van der Waals surface area (Å²) in [7, 11) is 0. The Morgan fingerprint density at radius 2 is 2.44 bits per heavy atom. The number of H-pyrrole nitrogens is 1. The molecule has 2 aromatic rings. The maximum absolute atomic E-state index is 11.3. The van der Waals surface area contributed by atoms with Crippen LogP contribution in [-0.2, 0) is 0 Å². The summed E-state index contributed by atoms with van der Waals surface area (Å²) in [5, 5.41) is 7.35. The van der Waals surface area contributed by atoms with Crippen LogP contribution in [0.2, 0.25) is 0 Å². The maximum Gasteiger partial charge on any atom is 0.183 e.